The van der Waals surface area contributed by atoms with E-state index in [1.165, 1.54) is 5.56 Å². The summed E-state index contributed by atoms with van der Waals surface area (Å²) >= 11 is 0. The van der Waals surface area contributed by atoms with Crippen molar-refractivity contribution in [2.45, 2.75) is 26.2 Å². The van der Waals surface area contributed by atoms with Crippen LogP contribution in [0.4, 0.5) is 0 Å². The predicted molar refractivity (Wildman–Crippen MR) is 94.8 cm³/mol. The molecule has 1 aliphatic heterocycles. The summed E-state index contributed by atoms with van der Waals surface area (Å²) in [6.45, 7) is 4.87. The van der Waals surface area contributed by atoms with Gasteiger partial charge in [-0.1, -0.05) is 29.8 Å². The second kappa shape index (κ2) is 6.70. The van der Waals surface area contributed by atoms with Gasteiger partial charge in [-0.15, -0.1) is 0 Å². The Bertz CT molecular complexity index is 794. The summed E-state index contributed by atoms with van der Waals surface area (Å²) in [5, 5.41) is 4.26. The third kappa shape index (κ3) is 3.43. The molecule has 0 unspecified atom stereocenters. The molecular weight excluding hydrogens is 316 g/mol. The Morgan fingerprint density at radius 1 is 1.20 bits per heavy atom. The first-order valence-corrected chi connectivity index (χ1v) is 8.48. The third-order valence-electron chi connectivity index (χ3n) is 5.19. The highest BCUT2D eigenvalue weighted by molar-refractivity contribution is 5.83. The van der Waals surface area contributed by atoms with Crippen LogP contribution < -0.4 is 5.73 Å². The summed E-state index contributed by atoms with van der Waals surface area (Å²) in [4.78, 5) is 26.4. The Kier molecular flexibility index (Phi) is 4.61. The fourth-order valence-corrected chi connectivity index (χ4v) is 3.48. The first kappa shape index (κ1) is 17.2. The van der Waals surface area contributed by atoms with E-state index in [-0.39, 0.29) is 23.7 Å². The normalized spacial score (nSPS) is 20.0. The summed E-state index contributed by atoms with van der Waals surface area (Å²) < 4.78 is 1.78. The first-order valence-electron chi connectivity index (χ1n) is 8.48. The molecule has 1 fully saturated rings. The lowest BCUT2D eigenvalue weighted by molar-refractivity contribution is -0.129. The zero-order chi connectivity index (χ0) is 18.1. The fraction of sp³-hybridized carbons (Fsp3) is 0.421. The van der Waals surface area contributed by atoms with Crippen molar-refractivity contribution in [3.8, 4) is 0 Å². The Labute approximate surface area is 147 Å². The molecule has 1 aromatic heterocycles. The second-order valence-corrected chi connectivity index (χ2v) is 6.89. The number of hydrogen-bond acceptors (Lipinski definition) is 3. The lowest BCUT2D eigenvalue weighted by atomic mass is 9.89. The van der Waals surface area contributed by atoms with Crippen LogP contribution in [0.15, 0.2) is 30.5 Å². The van der Waals surface area contributed by atoms with Crippen molar-refractivity contribution in [2.24, 2.45) is 18.7 Å². The van der Waals surface area contributed by atoms with Crippen molar-refractivity contribution in [1.82, 2.24) is 14.7 Å². The summed E-state index contributed by atoms with van der Waals surface area (Å²) in [7, 11) is 1.87. The molecular formula is C19H24N4O2. The van der Waals surface area contributed by atoms with Crippen LogP contribution in [0.5, 0.6) is 0 Å². The van der Waals surface area contributed by atoms with Crippen molar-refractivity contribution in [3.05, 3.63) is 52.8 Å². The number of likely N-dealkylation sites (tertiary alicyclic amines) is 1. The minimum absolute atomic E-state index is 0.0270. The zero-order valence-electron chi connectivity index (χ0n) is 14.9. The Hall–Kier alpha value is -2.63. The third-order valence-corrected chi connectivity index (χ3v) is 5.19. The van der Waals surface area contributed by atoms with Gasteiger partial charge in [-0.3, -0.25) is 14.3 Å². The van der Waals surface area contributed by atoms with Crippen molar-refractivity contribution >= 4 is 11.8 Å². The number of hydrogen-bond donors (Lipinski definition) is 1. The zero-order valence-corrected chi connectivity index (χ0v) is 14.9. The van der Waals surface area contributed by atoms with E-state index in [0.29, 0.717) is 19.5 Å². The lowest BCUT2D eigenvalue weighted by Gasteiger charge is -2.16. The minimum atomic E-state index is -0.370. The van der Waals surface area contributed by atoms with Crippen molar-refractivity contribution in [1.29, 1.82) is 0 Å². The molecule has 0 saturated carbocycles. The van der Waals surface area contributed by atoms with E-state index < -0.39 is 0 Å². The number of aryl methyl sites for hydroxylation is 2. The van der Waals surface area contributed by atoms with Gasteiger partial charge in [-0.2, -0.15) is 5.10 Å². The van der Waals surface area contributed by atoms with Gasteiger partial charge < -0.3 is 10.6 Å². The molecule has 0 radical (unpaired) electrons. The molecule has 0 spiro atoms. The van der Waals surface area contributed by atoms with Gasteiger partial charge in [0, 0.05) is 31.7 Å². The SMILES string of the molecule is Cc1ccc(CC(=O)N2C[C@H](C(N)=O)[C@@H](c3cnn(C)c3C)C2)cc1. The highest BCUT2D eigenvalue weighted by atomic mass is 16.2. The van der Waals surface area contributed by atoms with Crippen LogP contribution in [-0.2, 0) is 23.1 Å². The van der Waals surface area contributed by atoms with Gasteiger partial charge in [-0.05, 0) is 25.0 Å². The molecule has 3 rings (SSSR count). The molecule has 25 heavy (non-hydrogen) atoms. The smallest absolute Gasteiger partial charge is 0.227 e. The minimum Gasteiger partial charge on any atom is -0.369 e. The highest BCUT2D eigenvalue weighted by Crippen LogP contribution is 2.34. The maximum Gasteiger partial charge on any atom is 0.227 e. The maximum atomic E-state index is 12.7. The van der Waals surface area contributed by atoms with E-state index in [4.69, 9.17) is 5.73 Å². The molecule has 1 aliphatic rings. The van der Waals surface area contributed by atoms with Crippen LogP contribution in [0.2, 0.25) is 0 Å². The Balaban J connectivity index is 1.77. The van der Waals surface area contributed by atoms with Gasteiger partial charge in [0.1, 0.15) is 0 Å². The molecule has 0 bridgehead atoms. The van der Waals surface area contributed by atoms with E-state index in [1.807, 2.05) is 45.2 Å². The highest BCUT2D eigenvalue weighted by Gasteiger charge is 2.40. The van der Waals surface area contributed by atoms with Gasteiger partial charge in [0.25, 0.3) is 0 Å². The number of aromatic nitrogens is 2. The number of rotatable bonds is 4. The first-order chi connectivity index (χ1) is 11.9. The molecule has 1 saturated heterocycles. The number of carbonyl (C=O) groups is 2. The topological polar surface area (TPSA) is 81.2 Å². The lowest BCUT2D eigenvalue weighted by Crippen LogP contribution is -2.32. The second-order valence-electron chi connectivity index (χ2n) is 6.89. The van der Waals surface area contributed by atoms with Crippen LogP contribution in [0.3, 0.4) is 0 Å². The van der Waals surface area contributed by atoms with E-state index in [2.05, 4.69) is 5.10 Å². The van der Waals surface area contributed by atoms with Crippen molar-refractivity contribution < 1.29 is 9.59 Å². The van der Waals surface area contributed by atoms with Crippen LogP contribution in [-0.4, -0.2) is 39.6 Å². The Morgan fingerprint density at radius 3 is 2.44 bits per heavy atom. The average molecular weight is 340 g/mol. The molecule has 2 amide bonds. The largest absolute Gasteiger partial charge is 0.369 e. The molecule has 6 heteroatoms. The maximum absolute atomic E-state index is 12.7. The number of amides is 2. The van der Waals surface area contributed by atoms with Gasteiger partial charge in [0.15, 0.2) is 0 Å². The van der Waals surface area contributed by atoms with E-state index in [0.717, 1.165) is 16.8 Å². The van der Waals surface area contributed by atoms with E-state index >= 15 is 0 Å². The van der Waals surface area contributed by atoms with Crippen LogP contribution in [0.1, 0.15) is 28.3 Å². The van der Waals surface area contributed by atoms with E-state index in [9.17, 15) is 9.59 Å². The predicted octanol–water partition coefficient (Wildman–Crippen LogP) is 1.31. The van der Waals surface area contributed by atoms with Gasteiger partial charge in [0.05, 0.1) is 18.5 Å². The molecule has 2 atom stereocenters. The molecule has 2 heterocycles. The molecule has 6 nitrogen and oxygen atoms in total. The number of nitrogens with two attached hydrogens (primary N) is 1. The van der Waals surface area contributed by atoms with E-state index in [1.54, 1.807) is 15.8 Å². The number of nitrogens with zero attached hydrogens (tertiary/aromatic N) is 3. The summed E-state index contributed by atoms with van der Waals surface area (Å²) in [6, 6.07) is 7.94. The molecule has 132 valence electrons. The number of benzene rings is 1. The van der Waals surface area contributed by atoms with Gasteiger partial charge >= 0.3 is 0 Å². The van der Waals surface area contributed by atoms with Crippen LogP contribution >= 0.6 is 0 Å². The van der Waals surface area contributed by atoms with Crippen molar-refractivity contribution in [3.63, 3.8) is 0 Å². The summed E-state index contributed by atoms with van der Waals surface area (Å²) in [5.74, 6) is -0.795. The van der Waals surface area contributed by atoms with Gasteiger partial charge in [0.2, 0.25) is 11.8 Å². The summed E-state index contributed by atoms with van der Waals surface area (Å²) in [5.41, 5.74) is 9.75. The van der Waals surface area contributed by atoms with Crippen molar-refractivity contribution in [2.75, 3.05) is 13.1 Å². The molecule has 2 aromatic rings. The molecule has 0 aliphatic carbocycles. The molecule has 1 aromatic carbocycles. The number of primary amides is 1. The van der Waals surface area contributed by atoms with Crippen LogP contribution in [0, 0.1) is 19.8 Å². The average Bonchev–Trinajstić information content (AvgIpc) is 3.14. The Morgan fingerprint density at radius 2 is 1.88 bits per heavy atom. The summed E-state index contributed by atoms with van der Waals surface area (Å²) in [6.07, 6.45) is 2.12. The van der Waals surface area contributed by atoms with Gasteiger partial charge in [-0.25, -0.2) is 0 Å². The number of carbonyl (C=O) groups excluding carboxylic acids is 2. The quantitative estimate of drug-likeness (QED) is 0.911. The fourth-order valence-electron chi connectivity index (χ4n) is 3.48. The monoisotopic (exact) mass is 340 g/mol. The van der Waals surface area contributed by atoms with Crippen LogP contribution in [0.25, 0.3) is 0 Å². The molecule has 2 N–H and O–H groups in total. The standard InChI is InChI=1S/C19H24N4O2/c1-12-4-6-14(7-5-12)8-18(24)23-10-16(17(11-23)19(20)25)15-9-21-22(3)13(15)2/h4-7,9,16-17H,8,10-11H2,1-3H3,(H2,20,25)/t16-,17+/m1/s1.